The summed E-state index contributed by atoms with van der Waals surface area (Å²) < 4.78 is 16.0. The normalized spacial score (nSPS) is 14.7. The lowest BCUT2D eigenvalue weighted by atomic mass is 10.3. The molecule has 0 radical (unpaired) electrons. The molecular formula is C11H9NO2S. The standard InChI is InChI=1S/C11H9NO2S/c13-15-10-6-7-11(12-8-10)14-9-4-2-1-3-5-9/h1-7H,8H2. The van der Waals surface area contributed by atoms with E-state index in [1.165, 1.54) is 0 Å². The lowest BCUT2D eigenvalue weighted by molar-refractivity contribution is 0.553. The van der Waals surface area contributed by atoms with Gasteiger partial charge in [0, 0.05) is 6.08 Å². The smallest absolute Gasteiger partial charge is 0.215 e. The Labute approximate surface area is 91.2 Å². The molecule has 0 unspecified atom stereocenters. The van der Waals surface area contributed by atoms with Crippen LogP contribution in [0.2, 0.25) is 0 Å². The second kappa shape index (κ2) is 4.70. The Kier molecular flexibility index (Phi) is 3.09. The van der Waals surface area contributed by atoms with Crippen molar-refractivity contribution in [3.8, 4) is 5.75 Å². The number of hydrogen-bond donors (Lipinski definition) is 0. The molecule has 0 spiro atoms. The van der Waals surface area contributed by atoms with E-state index in [4.69, 9.17) is 4.74 Å². The molecule has 0 saturated carbocycles. The van der Waals surface area contributed by atoms with Crippen LogP contribution in [0.5, 0.6) is 5.75 Å². The van der Waals surface area contributed by atoms with Crippen LogP contribution in [0.25, 0.3) is 0 Å². The summed E-state index contributed by atoms with van der Waals surface area (Å²) in [6, 6.07) is 9.43. The topological polar surface area (TPSA) is 38.7 Å². The number of dihydropyridines is 1. The number of rotatable bonds is 1. The molecule has 1 aliphatic heterocycles. The number of para-hydroxylation sites is 1. The number of nitrogens with zero attached hydrogens (tertiary/aromatic N) is 1. The highest BCUT2D eigenvalue weighted by Crippen LogP contribution is 2.10. The Hall–Kier alpha value is -1.68. The van der Waals surface area contributed by atoms with Gasteiger partial charge in [-0.05, 0) is 18.2 Å². The summed E-state index contributed by atoms with van der Waals surface area (Å²) in [7, 11) is 0. The fourth-order valence-corrected chi connectivity index (χ4v) is 1.40. The van der Waals surface area contributed by atoms with E-state index in [2.05, 4.69) is 4.99 Å². The SMILES string of the molecule is O=S=C1C=CC(Oc2ccccc2)=NC1. The van der Waals surface area contributed by atoms with Gasteiger partial charge in [-0.25, -0.2) is 9.20 Å². The lowest BCUT2D eigenvalue weighted by Gasteiger charge is -2.07. The molecule has 2 rings (SSSR count). The van der Waals surface area contributed by atoms with E-state index in [0.29, 0.717) is 28.6 Å². The molecule has 3 nitrogen and oxygen atoms in total. The Morgan fingerprint density at radius 3 is 2.60 bits per heavy atom. The van der Waals surface area contributed by atoms with Gasteiger partial charge in [-0.2, -0.15) is 0 Å². The van der Waals surface area contributed by atoms with Crippen LogP contribution in [0.3, 0.4) is 0 Å². The van der Waals surface area contributed by atoms with Gasteiger partial charge < -0.3 is 4.74 Å². The van der Waals surface area contributed by atoms with Crippen molar-refractivity contribution in [3.63, 3.8) is 0 Å². The van der Waals surface area contributed by atoms with Crippen LogP contribution < -0.4 is 4.74 Å². The van der Waals surface area contributed by atoms with E-state index in [1.54, 1.807) is 12.2 Å². The fraction of sp³-hybridized carbons (Fsp3) is 0.0909. The van der Waals surface area contributed by atoms with Crippen LogP contribution >= 0.6 is 0 Å². The molecular weight excluding hydrogens is 210 g/mol. The highest BCUT2D eigenvalue weighted by molar-refractivity contribution is 7.67. The van der Waals surface area contributed by atoms with Crippen LogP contribution in [0, 0.1) is 0 Å². The van der Waals surface area contributed by atoms with Crippen LogP contribution in [0.15, 0.2) is 47.5 Å². The Morgan fingerprint density at radius 1 is 1.20 bits per heavy atom. The first-order chi connectivity index (χ1) is 7.38. The minimum absolute atomic E-state index is 0.410. The molecule has 4 heteroatoms. The Bertz CT molecular complexity index is 459. The summed E-state index contributed by atoms with van der Waals surface area (Å²) in [5.74, 6) is 1.29. The van der Waals surface area contributed by atoms with Crippen molar-refractivity contribution in [2.24, 2.45) is 4.99 Å². The van der Waals surface area contributed by atoms with Crippen LogP contribution in [0.1, 0.15) is 0 Å². The summed E-state index contributed by atoms with van der Waals surface area (Å²) in [5, 5.41) is 0. The first kappa shape index (κ1) is 9.86. The first-order valence-corrected chi connectivity index (χ1v) is 5.24. The van der Waals surface area contributed by atoms with E-state index in [0.717, 1.165) is 5.75 Å². The van der Waals surface area contributed by atoms with Crippen molar-refractivity contribution in [2.45, 2.75) is 0 Å². The van der Waals surface area contributed by atoms with Crippen molar-refractivity contribution in [1.29, 1.82) is 0 Å². The van der Waals surface area contributed by atoms with E-state index < -0.39 is 0 Å². The third-order valence-corrected chi connectivity index (χ3v) is 2.35. The van der Waals surface area contributed by atoms with Crippen molar-refractivity contribution in [3.05, 3.63) is 42.5 Å². The maximum Gasteiger partial charge on any atom is 0.215 e. The number of aliphatic imine (C=N–C) groups is 1. The molecule has 1 heterocycles. The molecule has 0 N–H and O–H groups in total. The van der Waals surface area contributed by atoms with Gasteiger partial charge >= 0.3 is 0 Å². The third-order valence-electron chi connectivity index (χ3n) is 1.88. The van der Waals surface area contributed by atoms with Gasteiger partial charge in [0.05, 0.1) is 22.7 Å². The van der Waals surface area contributed by atoms with E-state index in [9.17, 15) is 4.21 Å². The van der Waals surface area contributed by atoms with E-state index >= 15 is 0 Å². The molecule has 1 aromatic rings. The van der Waals surface area contributed by atoms with Crippen LogP contribution in [-0.4, -0.2) is 21.5 Å². The van der Waals surface area contributed by atoms with Gasteiger partial charge in [0.25, 0.3) is 0 Å². The van der Waals surface area contributed by atoms with Gasteiger partial charge in [0.15, 0.2) is 0 Å². The molecule has 0 aromatic heterocycles. The largest absolute Gasteiger partial charge is 0.439 e. The van der Waals surface area contributed by atoms with E-state index in [1.807, 2.05) is 30.3 Å². The summed E-state index contributed by atoms with van der Waals surface area (Å²) in [6.45, 7) is 0.410. The predicted octanol–water partition coefficient (Wildman–Crippen LogP) is 1.42. The summed E-state index contributed by atoms with van der Waals surface area (Å²) in [4.78, 5) is 4.83. The van der Waals surface area contributed by atoms with Crippen LogP contribution in [-0.2, 0) is 11.3 Å². The molecule has 0 saturated heterocycles. The maximum atomic E-state index is 10.5. The first-order valence-electron chi connectivity index (χ1n) is 4.49. The van der Waals surface area contributed by atoms with Gasteiger partial charge in [-0.3, -0.25) is 0 Å². The average molecular weight is 219 g/mol. The number of ether oxygens (including phenoxy) is 1. The van der Waals surface area contributed by atoms with Gasteiger partial charge in [-0.15, -0.1) is 0 Å². The summed E-state index contributed by atoms with van der Waals surface area (Å²) in [5.41, 5.74) is 0. The second-order valence-electron chi connectivity index (χ2n) is 2.95. The molecule has 1 aliphatic rings. The molecule has 1 aromatic carbocycles. The Morgan fingerprint density at radius 2 is 2.00 bits per heavy atom. The van der Waals surface area contributed by atoms with Gasteiger partial charge in [-0.1, -0.05) is 18.2 Å². The lowest BCUT2D eigenvalue weighted by Crippen LogP contribution is -2.14. The highest BCUT2D eigenvalue weighted by atomic mass is 32.1. The fourth-order valence-electron chi connectivity index (χ4n) is 1.16. The quantitative estimate of drug-likeness (QED) is 0.670. The van der Waals surface area contributed by atoms with Crippen LogP contribution in [0.4, 0.5) is 0 Å². The maximum absolute atomic E-state index is 10.5. The monoisotopic (exact) mass is 219 g/mol. The van der Waals surface area contributed by atoms with E-state index in [-0.39, 0.29) is 0 Å². The predicted molar refractivity (Wildman–Crippen MR) is 61.7 cm³/mol. The molecule has 76 valence electrons. The second-order valence-corrected chi connectivity index (χ2v) is 3.64. The zero-order valence-corrected chi connectivity index (χ0v) is 8.74. The molecule has 0 atom stereocenters. The average Bonchev–Trinajstić information content (AvgIpc) is 2.31. The minimum Gasteiger partial charge on any atom is -0.439 e. The Balaban J connectivity index is 2.07. The molecule has 15 heavy (non-hydrogen) atoms. The zero-order chi connectivity index (χ0) is 10.5. The summed E-state index contributed by atoms with van der Waals surface area (Å²) in [6.07, 6.45) is 3.44. The zero-order valence-electron chi connectivity index (χ0n) is 7.92. The molecule has 0 amide bonds. The van der Waals surface area contributed by atoms with Gasteiger partial charge in [0.2, 0.25) is 5.90 Å². The van der Waals surface area contributed by atoms with Crippen molar-refractivity contribution < 1.29 is 8.95 Å². The van der Waals surface area contributed by atoms with Gasteiger partial charge in [0.1, 0.15) is 5.75 Å². The summed E-state index contributed by atoms with van der Waals surface area (Å²) >= 11 is 0.471. The van der Waals surface area contributed by atoms with Crippen molar-refractivity contribution in [2.75, 3.05) is 6.54 Å². The van der Waals surface area contributed by atoms with Crippen molar-refractivity contribution >= 4 is 22.0 Å². The molecule has 0 aliphatic carbocycles. The number of benzene rings is 1. The molecule has 0 bridgehead atoms. The third kappa shape index (κ3) is 2.63. The highest BCUT2D eigenvalue weighted by Gasteiger charge is 2.04. The minimum atomic E-state index is 0.410. The number of hydrogen-bond acceptors (Lipinski definition) is 3. The van der Waals surface area contributed by atoms with Crippen molar-refractivity contribution in [1.82, 2.24) is 0 Å². The molecule has 0 fully saturated rings.